The Bertz CT molecular complexity index is 1150. The van der Waals surface area contributed by atoms with Crippen molar-refractivity contribution in [2.75, 3.05) is 0 Å². The minimum absolute atomic E-state index is 0.0186. The maximum absolute atomic E-state index is 12.8. The van der Waals surface area contributed by atoms with Gasteiger partial charge in [0.2, 0.25) is 11.8 Å². The summed E-state index contributed by atoms with van der Waals surface area (Å²) in [4.78, 5) is 40.6. The molecule has 2 heterocycles. The van der Waals surface area contributed by atoms with E-state index in [1.807, 2.05) is 0 Å². The largest absolute Gasteiger partial charge is 0.508 e. The molecule has 0 aromatic heterocycles. The predicted octanol–water partition coefficient (Wildman–Crippen LogP) is 0.763. The summed E-state index contributed by atoms with van der Waals surface area (Å²) in [5.41, 5.74) is 8.23. The first-order chi connectivity index (χ1) is 14.8. The van der Waals surface area contributed by atoms with Gasteiger partial charge in [0.1, 0.15) is 23.2 Å². The molecule has 0 aliphatic carbocycles. The highest BCUT2D eigenvalue weighted by atomic mass is 32.2. The van der Waals surface area contributed by atoms with E-state index in [0.29, 0.717) is 0 Å². The van der Waals surface area contributed by atoms with Crippen LogP contribution >= 0.6 is 11.8 Å². The van der Waals surface area contributed by atoms with Crippen LogP contribution in [-0.4, -0.2) is 68.1 Å². The number of phenols is 1. The van der Waals surface area contributed by atoms with Crippen molar-refractivity contribution >= 4 is 39.7 Å². The lowest BCUT2D eigenvalue weighted by Gasteiger charge is -2.43. The number of fused-ring (bicyclic) bond motifs is 1. The van der Waals surface area contributed by atoms with Crippen LogP contribution in [0.4, 0.5) is 0 Å². The van der Waals surface area contributed by atoms with E-state index in [4.69, 9.17) is 5.53 Å². The van der Waals surface area contributed by atoms with E-state index in [2.05, 4.69) is 15.3 Å². The first-order valence-electron chi connectivity index (χ1n) is 9.11. The van der Waals surface area contributed by atoms with Crippen molar-refractivity contribution in [3.05, 3.63) is 39.8 Å². The number of nitrogens with one attached hydrogen (secondary N) is 1. The van der Waals surface area contributed by atoms with Crippen molar-refractivity contribution in [1.29, 1.82) is 0 Å². The number of hydrogen-bond acceptors (Lipinski definition) is 8. The van der Waals surface area contributed by atoms with Gasteiger partial charge in [0.15, 0.2) is 5.25 Å². The van der Waals surface area contributed by atoms with Crippen LogP contribution in [0.15, 0.2) is 23.3 Å². The van der Waals surface area contributed by atoms with Crippen molar-refractivity contribution in [2.45, 2.75) is 47.8 Å². The zero-order chi connectivity index (χ0) is 24.0. The first-order valence-corrected chi connectivity index (χ1v) is 11.5. The van der Waals surface area contributed by atoms with Crippen LogP contribution in [0, 0.1) is 0 Å². The molecular weight excluding hydrogens is 466 g/mol. The Morgan fingerprint density at radius 1 is 1.41 bits per heavy atom. The standard InChI is InChI=1S/C17H19N5O8S2/c1-17(2)12(16(26)27)22-14(25)10(15(22)31-17)20-13(24)11(32(28,29)30)7-3-4-9(23)8(5-7)6-19-21-18/h3-5,10-12,15,23H,6H2,1-2H3,(H,20,24)(H,26,27)(H,28,29,30). The quantitative estimate of drug-likeness (QED) is 0.141. The van der Waals surface area contributed by atoms with Gasteiger partial charge in [-0.2, -0.15) is 8.42 Å². The molecule has 4 unspecified atom stereocenters. The number of aromatic hydroxyl groups is 1. The Morgan fingerprint density at radius 2 is 2.06 bits per heavy atom. The van der Waals surface area contributed by atoms with Gasteiger partial charge in [0, 0.05) is 9.66 Å². The lowest BCUT2D eigenvalue weighted by atomic mass is 9.96. The van der Waals surface area contributed by atoms with E-state index in [-0.39, 0.29) is 23.4 Å². The Morgan fingerprint density at radius 3 is 2.62 bits per heavy atom. The zero-order valence-electron chi connectivity index (χ0n) is 16.7. The van der Waals surface area contributed by atoms with Crippen molar-refractivity contribution in [3.8, 4) is 5.75 Å². The molecule has 0 bridgehead atoms. The number of aliphatic carboxylic acids is 1. The fourth-order valence-electron chi connectivity index (χ4n) is 3.84. The number of nitrogens with zero attached hydrogens (tertiary/aromatic N) is 4. The van der Waals surface area contributed by atoms with E-state index in [1.54, 1.807) is 13.8 Å². The molecule has 172 valence electrons. The van der Waals surface area contributed by atoms with Gasteiger partial charge in [0.05, 0.1) is 6.54 Å². The summed E-state index contributed by atoms with van der Waals surface area (Å²) in [6.07, 6.45) is 0. The van der Waals surface area contributed by atoms with Crippen LogP contribution in [0.25, 0.3) is 10.4 Å². The molecule has 4 atom stereocenters. The molecule has 1 aromatic carbocycles. The molecule has 2 aliphatic rings. The number of hydrogen-bond donors (Lipinski definition) is 4. The number of amides is 2. The summed E-state index contributed by atoms with van der Waals surface area (Å²) >= 11 is 1.15. The average molecular weight is 486 g/mol. The van der Waals surface area contributed by atoms with Gasteiger partial charge in [-0.1, -0.05) is 17.2 Å². The van der Waals surface area contributed by atoms with Gasteiger partial charge in [-0.25, -0.2) is 4.79 Å². The summed E-state index contributed by atoms with van der Waals surface area (Å²) in [6.45, 7) is 2.95. The van der Waals surface area contributed by atoms with E-state index in [1.165, 1.54) is 0 Å². The van der Waals surface area contributed by atoms with E-state index < -0.39 is 55.4 Å². The third-order valence-electron chi connectivity index (χ3n) is 5.22. The average Bonchev–Trinajstić information content (AvgIpc) is 2.93. The monoisotopic (exact) mass is 485 g/mol. The maximum atomic E-state index is 12.8. The molecule has 2 saturated heterocycles. The molecule has 2 fully saturated rings. The lowest BCUT2D eigenvalue weighted by molar-refractivity contribution is -0.161. The summed E-state index contributed by atoms with van der Waals surface area (Å²) in [5, 5.41) is 22.0. The number of β-lactam (4-membered cyclic amide) rings is 1. The number of thioether (sulfide) groups is 1. The number of carboxylic acids is 1. The number of carbonyl (C=O) groups is 3. The smallest absolute Gasteiger partial charge is 0.327 e. The van der Waals surface area contributed by atoms with Gasteiger partial charge < -0.3 is 20.4 Å². The summed E-state index contributed by atoms with van der Waals surface area (Å²) in [5.74, 6) is -3.40. The number of carbonyl (C=O) groups excluding carboxylic acids is 2. The Hall–Kier alpha value is -3.00. The zero-order valence-corrected chi connectivity index (χ0v) is 18.4. The van der Waals surface area contributed by atoms with E-state index >= 15 is 0 Å². The topological polar surface area (TPSA) is 210 Å². The third-order valence-corrected chi connectivity index (χ3v) is 7.87. The van der Waals surface area contributed by atoms with Crippen LogP contribution in [-0.2, 0) is 31.0 Å². The van der Waals surface area contributed by atoms with Gasteiger partial charge in [-0.15, -0.1) is 11.8 Å². The van der Waals surface area contributed by atoms with Crippen LogP contribution in [0.1, 0.15) is 30.2 Å². The highest BCUT2D eigenvalue weighted by molar-refractivity contribution is 8.01. The fourth-order valence-corrected chi connectivity index (χ4v) is 6.29. The first kappa shape index (κ1) is 23.7. The van der Waals surface area contributed by atoms with Crippen LogP contribution in [0.3, 0.4) is 0 Å². The summed E-state index contributed by atoms with van der Waals surface area (Å²) in [6, 6.07) is 0.961. The Balaban J connectivity index is 1.88. The second-order valence-electron chi connectivity index (χ2n) is 7.76. The van der Waals surface area contributed by atoms with Gasteiger partial charge in [-0.05, 0) is 36.6 Å². The molecule has 32 heavy (non-hydrogen) atoms. The minimum Gasteiger partial charge on any atom is -0.508 e. The molecule has 2 aliphatic heterocycles. The molecule has 15 heteroatoms. The van der Waals surface area contributed by atoms with Crippen molar-refractivity contribution in [3.63, 3.8) is 0 Å². The van der Waals surface area contributed by atoms with E-state index in [0.717, 1.165) is 34.9 Å². The Kier molecular flexibility index (Phi) is 6.04. The lowest BCUT2D eigenvalue weighted by Crippen LogP contribution is -2.71. The second-order valence-corrected chi connectivity index (χ2v) is 11.0. The molecule has 1 aromatic rings. The fraction of sp³-hybridized carbons (Fsp3) is 0.471. The molecule has 0 spiro atoms. The van der Waals surface area contributed by atoms with Crippen molar-refractivity contribution in [1.82, 2.24) is 10.2 Å². The van der Waals surface area contributed by atoms with Gasteiger partial charge in [0.25, 0.3) is 10.1 Å². The molecular formula is C17H19N5O8S2. The van der Waals surface area contributed by atoms with Crippen LogP contribution in [0.5, 0.6) is 5.75 Å². The predicted molar refractivity (Wildman–Crippen MR) is 111 cm³/mol. The van der Waals surface area contributed by atoms with Crippen molar-refractivity contribution < 1.29 is 37.6 Å². The van der Waals surface area contributed by atoms with Gasteiger partial charge >= 0.3 is 5.97 Å². The highest BCUT2D eigenvalue weighted by Crippen LogP contribution is 2.50. The number of rotatable bonds is 7. The number of phenolic OH excluding ortho intramolecular Hbond substituents is 1. The highest BCUT2D eigenvalue weighted by Gasteiger charge is 2.64. The molecule has 0 saturated carbocycles. The van der Waals surface area contributed by atoms with Crippen LogP contribution < -0.4 is 5.32 Å². The molecule has 4 N–H and O–H groups in total. The summed E-state index contributed by atoms with van der Waals surface area (Å²) < 4.78 is 32.8. The number of azide groups is 1. The van der Waals surface area contributed by atoms with Gasteiger partial charge in [-0.3, -0.25) is 14.1 Å². The second kappa shape index (κ2) is 8.16. The maximum Gasteiger partial charge on any atom is 0.327 e. The number of carboxylic acid groups (broad SMARTS) is 1. The molecule has 13 nitrogen and oxygen atoms in total. The number of benzene rings is 1. The minimum atomic E-state index is -5.01. The molecule has 2 amide bonds. The third kappa shape index (κ3) is 4.07. The molecule has 0 radical (unpaired) electrons. The van der Waals surface area contributed by atoms with E-state index in [9.17, 15) is 37.6 Å². The SMILES string of the molecule is CC1(C)SC2C(NC(=O)C(c3ccc(O)c(CN=[N+]=[N-])c3)S(=O)(=O)O)C(=O)N2C1C(=O)O. The summed E-state index contributed by atoms with van der Waals surface area (Å²) in [7, 11) is -5.01. The van der Waals surface area contributed by atoms with Crippen molar-refractivity contribution in [2.24, 2.45) is 5.11 Å². The Labute approximate surface area is 186 Å². The normalized spacial score (nSPS) is 24.7. The molecule has 3 rings (SSSR count). The van der Waals surface area contributed by atoms with Crippen LogP contribution in [0.2, 0.25) is 0 Å².